The fraction of sp³-hybridized carbons (Fsp3) is 0.100. The molecule has 0 aliphatic heterocycles. The van der Waals surface area contributed by atoms with E-state index in [2.05, 4.69) is 5.32 Å². The summed E-state index contributed by atoms with van der Waals surface area (Å²) in [5.74, 6) is -1.54. The van der Waals surface area contributed by atoms with Crippen molar-refractivity contribution >= 4 is 5.91 Å². The Hall–Kier alpha value is -3.42. The second-order valence-electron chi connectivity index (χ2n) is 5.97. The predicted molar refractivity (Wildman–Crippen MR) is 93.4 cm³/mol. The molecule has 3 rings (SSSR count). The van der Waals surface area contributed by atoms with E-state index in [1.54, 1.807) is 18.2 Å². The Balaban J connectivity index is 1.80. The van der Waals surface area contributed by atoms with Gasteiger partial charge in [-0.15, -0.1) is 0 Å². The largest absolute Gasteiger partial charge is 0.618 e. The molecule has 1 heterocycles. The smallest absolute Gasteiger partial charge is 0.416 e. The van der Waals surface area contributed by atoms with Crippen LogP contribution in [0.3, 0.4) is 0 Å². The first-order chi connectivity index (χ1) is 13.3. The van der Waals surface area contributed by atoms with Crippen molar-refractivity contribution in [2.45, 2.75) is 12.7 Å². The second kappa shape index (κ2) is 7.67. The summed E-state index contributed by atoms with van der Waals surface area (Å²) in [7, 11) is 0. The highest BCUT2D eigenvalue weighted by atomic mass is 19.4. The molecule has 0 saturated heterocycles. The molecule has 2 aromatic carbocycles. The highest BCUT2D eigenvalue weighted by Gasteiger charge is 2.31. The maximum Gasteiger partial charge on any atom is 0.416 e. The molecule has 1 aromatic heterocycles. The summed E-state index contributed by atoms with van der Waals surface area (Å²) in [6.07, 6.45) is -3.34. The van der Waals surface area contributed by atoms with Crippen molar-refractivity contribution < 1.29 is 27.1 Å². The highest BCUT2D eigenvalue weighted by molar-refractivity contribution is 5.95. The zero-order valence-corrected chi connectivity index (χ0v) is 14.3. The first kappa shape index (κ1) is 19.3. The number of carbonyl (C=O) groups excluding carboxylic acids is 1. The van der Waals surface area contributed by atoms with Gasteiger partial charge in [-0.1, -0.05) is 18.2 Å². The molecule has 28 heavy (non-hydrogen) atoms. The molecule has 8 heteroatoms. The number of rotatable bonds is 4. The van der Waals surface area contributed by atoms with Gasteiger partial charge in [-0.2, -0.15) is 17.9 Å². The summed E-state index contributed by atoms with van der Waals surface area (Å²) in [4.78, 5) is 12.3. The number of benzene rings is 2. The van der Waals surface area contributed by atoms with Crippen molar-refractivity contribution in [2.24, 2.45) is 0 Å². The molecule has 0 fully saturated rings. The number of alkyl halides is 3. The molecular formula is C20H14F4N2O2. The average molecular weight is 390 g/mol. The monoisotopic (exact) mass is 390 g/mol. The lowest BCUT2D eigenvalue weighted by atomic mass is 10.0. The van der Waals surface area contributed by atoms with Gasteiger partial charge in [0.2, 0.25) is 5.69 Å². The number of hydrogen-bond donors (Lipinski definition) is 1. The molecule has 0 bridgehead atoms. The van der Waals surface area contributed by atoms with Gasteiger partial charge in [0.25, 0.3) is 5.91 Å². The van der Waals surface area contributed by atoms with Crippen LogP contribution >= 0.6 is 0 Å². The van der Waals surface area contributed by atoms with E-state index in [1.807, 2.05) is 0 Å². The molecule has 0 unspecified atom stereocenters. The number of carbonyl (C=O) groups is 1. The van der Waals surface area contributed by atoms with E-state index >= 15 is 0 Å². The van der Waals surface area contributed by atoms with Crippen LogP contribution < -0.4 is 10.0 Å². The molecule has 1 amide bonds. The maximum atomic E-state index is 14.2. The molecule has 1 N–H and O–H groups in total. The topological polar surface area (TPSA) is 56.0 Å². The molecule has 0 atom stereocenters. The van der Waals surface area contributed by atoms with Crippen LogP contribution in [0.1, 0.15) is 21.6 Å². The van der Waals surface area contributed by atoms with Crippen LogP contribution in [0.25, 0.3) is 11.1 Å². The lowest BCUT2D eigenvalue weighted by Gasteiger charge is -2.10. The molecule has 3 aromatic rings. The third-order valence-corrected chi connectivity index (χ3v) is 4.07. The molecule has 0 saturated carbocycles. The Morgan fingerprint density at radius 1 is 1.04 bits per heavy atom. The van der Waals surface area contributed by atoms with Crippen LogP contribution in [-0.4, -0.2) is 5.91 Å². The minimum absolute atomic E-state index is 0.0119. The number of halogens is 4. The van der Waals surface area contributed by atoms with Crippen molar-refractivity contribution in [1.29, 1.82) is 0 Å². The zero-order chi connectivity index (χ0) is 20.3. The van der Waals surface area contributed by atoms with E-state index in [0.717, 1.165) is 12.1 Å². The standard InChI is InChI=1S/C20H14F4N2O2/c21-18-11-15(20(22,23)24)7-8-17(18)13-4-3-5-14(10-13)19(27)25-12-16-6-1-2-9-26(16)28/h1-11H,12H2,(H,25,27). The van der Waals surface area contributed by atoms with Crippen molar-refractivity contribution in [3.05, 3.63) is 94.7 Å². The fourth-order valence-electron chi connectivity index (χ4n) is 2.63. The van der Waals surface area contributed by atoms with E-state index in [9.17, 15) is 27.6 Å². The number of nitrogens with one attached hydrogen (secondary N) is 1. The van der Waals surface area contributed by atoms with Gasteiger partial charge in [0.1, 0.15) is 12.4 Å². The van der Waals surface area contributed by atoms with E-state index in [4.69, 9.17) is 0 Å². The molecule has 4 nitrogen and oxygen atoms in total. The van der Waals surface area contributed by atoms with E-state index < -0.39 is 23.5 Å². The Morgan fingerprint density at radius 3 is 2.50 bits per heavy atom. The lowest BCUT2D eigenvalue weighted by molar-refractivity contribution is -0.614. The lowest BCUT2D eigenvalue weighted by Crippen LogP contribution is -2.35. The van der Waals surface area contributed by atoms with Crippen LogP contribution in [-0.2, 0) is 12.7 Å². The number of amides is 1. The Kier molecular flexibility index (Phi) is 5.30. The normalized spacial score (nSPS) is 11.3. The van der Waals surface area contributed by atoms with Gasteiger partial charge in [0.15, 0.2) is 6.20 Å². The first-order valence-electron chi connectivity index (χ1n) is 8.18. The number of pyridine rings is 1. The van der Waals surface area contributed by atoms with E-state index in [-0.39, 0.29) is 23.2 Å². The summed E-state index contributed by atoms with van der Waals surface area (Å²) in [6, 6.07) is 12.8. The molecule has 0 aliphatic carbocycles. The number of hydrogen-bond acceptors (Lipinski definition) is 2. The third-order valence-electron chi connectivity index (χ3n) is 4.07. The van der Waals surface area contributed by atoms with Gasteiger partial charge < -0.3 is 10.5 Å². The molecular weight excluding hydrogens is 376 g/mol. The number of aromatic nitrogens is 1. The van der Waals surface area contributed by atoms with Crippen LogP contribution in [0.15, 0.2) is 66.9 Å². The van der Waals surface area contributed by atoms with Crippen LogP contribution in [0.4, 0.5) is 17.6 Å². The van der Waals surface area contributed by atoms with Crippen molar-refractivity contribution in [2.75, 3.05) is 0 Å². The first-order valence-corrected chi connectivity index (χ1v) is 8.18. The second-order valence-corrected chi connectivity index (χ2v) is 5.97. The molecule has 144 valence electrons. The summed E-state index contributed by atoms with van der Waals surface area (Å²) in [5.41, 5.74) is -0.358. The van der Waals surface area contributed by atoms with Crippen LogP contribution in [0.5, 0.6) is 0 Å². The van der Waals surface area contributed by atoms with Crippen molar-refractivity contribution in [3.63, 3.8) is 0 Å². The number of nitrogens with zero attached hydrogens (tertiary/aromatic N) is 1. The quantitative estimate of drug-likeness (QED) is 0.415. The van der Waals surface area contributed by atoms with Crippen LogP contribution in [0, 0.1) is 11.0 Å². The van der Waals surface area contributed by atoms with Gasteiger partial charge >= 0.3 is 6.18 Å². The molecule has 0 radical (unpaired) electrons. The maximum absolute atomic E-state index is 14.2. The predicted octanol–water partition coefficient (Wildman–Crippen LogP) is 4.07. The SMILES string of the molecule is O=C(NCc1cccc[n+]1[O-])c1cccc(-c2ccc(C(F)(F)F)cc2F)c1. The van der Waals surface area contributed by atoms with Gasteiger partial charge in [-0.05, 0) is 35.9 Å². The minimum atomic E-state index is -4.64. The van der Waals surface area contributed by atoms with Gasteiger partial charge in [-0.3, -0.25) is 4.79 Å². The zero-order valence-electron chi connectivity index (χ0n) is 14.3. The highest BCUT2D eigenvalue weighted by Crippen LogP contribution is 2.32. The van der Waals surface area contributed by atoms with Crippen molar-refractivity contribution in [1.82, 2.24) is 5.32 Å². The minimum Gasteiger partial charge on any atom is -0.618 e. The molecule has 0 spiro atoms. The Morgan fingerprint density at radius 2 is 1.82 bits per heavy atom. The summed E-state index contributed by atoms with van der Waals surface area (Å²) < 4.78 is 52.8. The fourth-order valence-corrected chi connectivity index (χ4v) is 2.63. The third kappa shape index (κ3) is 4.28. The summed E-state index contributed by atoms with van der Waals surface area (Å²) in [5, 5.41) is 14.2. The summed E-state index contributed by atoms with van der Waals surface area (Å²) >= 11 is 0. The van der Waals surface area contributed by atoms with Gasteiger partial charge in [0.05, 0.1) is 5.56 Å². The average Bonchev–Trinajstić information content (AvgIpc) is 2.66. The Bertz CT molecular complexity index is 1020. The molecule has 0 aliphatic rings. The van der Waals surface area contributed by atoms with E-state index in [0.29, 0.717) is 16.5 Å². The van der Waals surface area contributed by atoms with E-state index in [1.165, 1.54) is 30.5 Å². The summed E-state index contributed by atoms with van der Waals surface area (Å²) in [6.45, 7) is -0.0119. The Labute approximate surface area is 157 Å². The van der Waals surface area contributed by atoms with Crippen molar-refractivity contribution in [3.8, 4) is 11.1 Å². The van der Waals surface area contributed by atoms with Gasteiger partial charge in [0, 0.05) is 23.3 Å². The van der Waals surface area contributed by atoms with Crippen LogP contribution in [0.2, 0.25) is 0 Å². The van der Waals surface area contributed by atoms with Gasteiger partial charge in [-0.25, -0.2) is 4.39 Å².